The molecule has 2 aliphatic rings. The number of carbonyl (C=O) groups is 1. The molecule has 17 heavy (non-hydrogen) atoms. The van der Waals surface area contributed by atoms with Gasteiger partial charge in [0.15, 0.2) is 0 Å². The van der Waals surface area contributed by atoms with Crippen molar-refractivity contribution >= 4 is 6.03 Å². The maximum atomic E-state index is 12.1. The minimum absolute atomic E-state index is 0.181. The summed E-state index contributed by atoms with van der Waals surface area (Å²) in [5, 5.41) is 3.28. The zero-order chi connectivity index (χ0) is 12.3. The van der Waals surface area contributed by atoms with E-state index >= 15 is 0 Å². The van der Waals surface area contributed by atoms with Crippen LogP contribution in [0.4, 0.5) is 4.79 Å². The number of carbonyl (C=O) groups excluding carboxylic acids is 1. The Kier molecular flexibility index (Phi) is 4.30. The van der Waals surface area contributed by atoms with Crippen LogP contribution < -0.4 is 5.32 Å². The summed E-state index contributed by atoms with van der Waals surface area (Å²) in [5.41, 5.74) is 0. The van der Waals surface area contributed by atoms with E-state index in [0.29, 0.717) is 17.9 Å². The molecular weight excluding hydrogens is 212 g/mol. The SMILES string of the molecule is CC(C)C1CCCCC1NC(=O)N1CCCC1. The fourth-order valence-corrected chi connectivity index (χ4v) is 3.31. The van der Waals surface area contributed by atoms with Gasteiger partial charge in [0.05, 0.1) is 0 Å². The van der Waals surface area contributed by atoms with E-state index in [2.05, 4.69) is 19.2 Å². The molecule has 1 N–H and O–H groups in total. The van der Waals surface area contributed by atoms with Gasteiger partial charge in [-0.05, 0) is 37.5 Å². The topological polar surface area (TPSA) is 32.3 Å². The number of rotatable bonds is 2. The molecule has 0 bridgehead atoms. The van der Waals surface area contributed by atoms with E-state index in [1.165, 1.54) is 38.5 Å². The molecule has 3 nitrogen and oxygen atoms in total. The van der Waals surface area contributed by atoms with Crippen molar-refractivity contribution in [3.05, 3.63) is 0 Å². The maximum absolute atomic E-state index is 12.1. The zero-order valence-corrected chi connectivity index (χ0v) is 11.2. The third kappa shape index (κ3) is 3.14. The Morgan fingerprint density at radius 2 is 1.76 bits per heavy atom. The van der Waals surface area contributed by atoms with Gasteiger partial charge in [-0.1, -0.05) is 26.7 Å². The van der Waals surface area contributed by atoms with Crippen molar-refractivity contribution in [1.29, 1.82) is 0 Å². The summed E-state index contributed by atoms with van der Waals surface area (Å²) in [5.74, 6) is 1.36. The van der Waals surface area contributed by atoms with Crippen molar-refractivity contribution in [1.82, 2.24) is 10.2 Å². The monoisotopic (exact) mass is 238 g/mol. The van der Waals surface area contributed by atoms with Gasteiger partial charge < -0.3 is 10.2 Å². The highest BCUT2D eigenvalue weighted by molar-refractivity contribution is 5.74. The lowest BCUT2D eigenvalue weighted by Crippen LogP contribution is -2.48. The molecule has 2 fully saturated rings. The Bertz CT molecular complexity index is 259. The third-order valence-electron chi connectivity index (χ3n) is 4.38. The first kappa shape index (κ1) is 12.7. The molecule has 1 aliphatic heterocycles. The number of urea groups is 1. The van der Waals surface area contributed by atoms with Crippen LogP contribution in [0.2, 0.25) is 0 Å². The Morgan fingerprint density at radius 1 is 1.12 bits per heavy atom. The fourth-order valence-electron chi connectivity index (χ4n) is 3.31. The number of nitrogens with zero attached hydrogens (tertiary/aromatic N) is 1. The Labute approximate surface area is 105 Å². The molecule has 1 heterocycles. The first-order valence-corrected chi connectivity index (χ1v) is 7.24. The maximum Gasteiger partial charge on any atom is 0.317 e. The van der Waals surface area contributed by atoms with Crippen LogP contribution in [-0.4, -0.2) is 30.1 Å². The van der Waals surface area contributed by atoms with Crippen molar-refractivity contribution in [2.75, 3.05) is 13.1 Å². The average Bonchev–Trinajstić information content (AvgIpc) is 2.83. The molecule has 2 unspecified atom stereocenters. The van der Waals surface area contributed by atoms with Gasteiger partial charge in [0.2, 0.25) is 0 Å². The van der Waals surface area contributed by atoms with E-state index in [1.54, 1.807) is 0 Å². The number of nitrogens with one attached hydrogen (secondary N) is 1. The summed E-state index contributed by atoms with van der Waals surface area (Å²) in [6.07, 6.45) is 7.40. The fraction of sp³-hybridized carbons (Fsp3) is 0.929. The molecule has 0 spiro atoms. The predicted octanol–water partition coefficient (Wildman–Crippen LogP) is 3.01. The summed E-state index contributed by atoms with van der Waals surface area (Å²) in [7, 11) is 0. The van der Waals surface area contributed by atoms with Crippen LogP contribution in [-0.2, 0) is 0 Å². The molecule has 1 saturated carbocycles. The first-order chi connectivity index (χ1) is 8.18. The summed E-state index contributed by atoms with van der Waals surface area (Å²) >= 11 is 0. The van der Waals surface area contributed by atoms with Crippen molar-refractivity contribution in [3.63, 3.8) is 0 Å². The summed E-state index contributed by atoms with van der Waals surface area (Å²) in [6, 6.07) is 0.594. The number of hydrogen-bond acceptors (Lipinski definition) is 1. The normalized spacial score (nSPS) is 29.7. The van der Waals surface area contributed by atoms with Crippen molar-refractivity contribution < 1.29 is 4.79 Å². The van der Waals surface area contributed by atoms with Crippen molar-refractivity contribution in [3.8, 4) is 0 Å². The number of likely N-dealkylation sites (tertiary alicyclic amines) is 1. The van der Waals surface area contributed by atoms with E-state index in [1.807, 2.05) is 4.90 Å². The van der Waals surface area contributed by atoms with E-state index in [4.69, 9.17) is 0 Å². The minimum Gasteiger partial charge on any atom is -0.335 e. The Balaban J connectivity index is 1.88. The lowest BCUT2D eigenvalue weighted by molar-refractivity contribution is 0.174. The Hall–Kier alpha value is -0.730. The molecule has 3 heteroatoms. The molecule has 0 aromatic heterocycles. The second-order valence-electron chi connectivity index (χ2n) is 5.94. The smallest absolute Gasteiger partial charge is 0.317 e. The van der Waals surface area contributed by atoms with Crippen LogP contribution in [0, 0.1) is 11.8 Å². The minimum atomic E-state index is 0.181. The van der Waals surface area contributed by atoms with E-state index < -0.39 is 0 Å². The van der Waals surface area contributed by atoms with Gasteiger partial charge in [0.25, 0.3) is 0 Å². The highest BCUT2D eigenvalue weighted by atomic mass is 16.2. The van der Waals surface area contributed by atoms with Crippen molar-refractivity contribution in [2.45, 2.75) is 58.4 Å². The van der Waals surface area contributed by atoms with Gasteiger partial charge in [-0.2, -0.15) is 0 Å². The van der Waals surface area contributed by atoms with Crippen LogP contribution >= 0.6 is 0 Å². The molecule has 1 aliphatic carbocycles. The highest BCUT2D eigenvalue weighted by Crippen LogP contribution is 2.30. The third-order valence-corrected chi connectivity index (χ3v) is 4.38. The molecule has 2 atom stereocenters. The molecule has 0 aromatic carbocycles. The van der Waals surface area contributed by atoms with Crippen LogP contribution in [0.1, 0.15) is 52.4 Å². The van der Waals surface area contributed by atoms with Crippen LogP contribution in [0.3, 0.4) is 0 Å². The standard InChI is InChI=1S/C14H26N2O/c1-11(2)12-7-3-4-8-13(12)15-14(17)16-9-5-6-10-16/h11-13H,3-10H2,1-2H3,(H,15,17). The molecule has 0 radical (unpaired) electrons. The Morgan fingerprint density at radius 3 is 2.41 bits per heavy atom. The van der Waals surface area contributed by atoms with Gasteiger partial charge in [0, 0.05) is 19.1 Å². The molecule has 2 rings (SSSR count). The summed E-state index contributed by atoms with van der Waals surface area (Å²) < 4.78 is 0. The van der Waals surface area contributed by atoms with Gasteiger partial charge >= 0.3 is 6.03 Å². The largest absolute Gasteiger partial charge is 0.335 e. The highest BCUT2D eigenvalue weighted by Gasteiger charge is 2.30. The summed E-state index contributed by atoms with van der Waals surface area (Å²) in [4.78, 5) is 14.1. The number of amides is 2. The van der Waals surface area contributed by atoms with Gasteiger partial charge in [-0.15, -0.1) is 0 Å². The molecule has 0 aromatic rings. The average molecular weight is 238 g/mol. The lowest BCUT2D eigenvalue weighted by Gasteiger charge is -2.35. The van der Waals surface area contributed by atoms with Gasteiger partial charge in [-0.3, -0.25) is 0 Å². The second-order valence-corrected chi connectivity index (χ2v) is 5.94. The van der Waals surface area contributed by atoms with Crippen LogP contribution in [0.25, 0.3) is 0 Å². The first-order valence-electron chi connectivity index (χ1n) is 7.24. The van der Waals surface area contributed by atoms with E-state index in [9.17, 15) is 4.79 Å². The van der Waals surface area contributed by atoms with E-state index in [0.717, 1.165) is 13.1 Å². The molecular formula is C14H26N2O. The number of hydrogen-bond donors (Lipinski definition) is 1. The predicted molar refractivity (Wildman–Crippen MR) is 69.9 cm³/mol. The lowest BCUT2D eigenvalue weighted by atomic mass is 9.78. The zero-order valence-electron chi connectivity index (χ0n) is 11.2. The van der Waals surface area contributed by atoms with E-state index in [-0.39, 0.29) is 6.03 Å². The molecule has 98 valence electrons. The quantitative estimate of drug-likeness (QED) is 0.788. The van der Waals surface area contributed by atoms with Crippen LogP contribution in [0.5, 0.6) is 0 Å². The molecule has 2 amide bonds. The second kappa shape index (κ2) is 5.74. The molecule has 1 saturated heterocycles. The van der Waals surface area contributed by atoms with Crippen molar-refractivity contribution in [2.24, 2.45) is 11.8 Å². The van der Waals surface area contributed by atoms with Gasteiger partial charge in [0.1, 0.15) is 0 Å². The van der Waals surface area contributed by atoms with Gasteiger partial charge in [-0.25, -0.2) is 4.79 Å². The van der Waals surface area contributed by atoms with Crippen LogP contribution in [0.15, 0.2) is 0 Å². The summed E-state index contributed by atoms with van der Waals surface area (Å²) in [6.45, 7) is 6.46.